The van der Waals surface area contributed by atoms with Crippen molar-refractivity contribution in [3.05, 3.63) is 53.7 Å². The number of H-pyrrole nitrogens is 1. The molecule has 29 heavy (non-hydrogen) atoms. The van der Waals surface area contributed by atoms with E-state index in [4.69, 9.17) is 4.98 Å². The number of likely N-dealkylation sites (tertiary alicyclic amines) is 1. The largest absolute Gasteiger partial charge is 0.308 e. The zero-order chi connectivity index (χ0) is 19.8. The second-order valence-electron chi connectivity index (χ2n) is 7.42. The van der Waals surface area contributed by atoms with Crippen LogP contribution >= 0.6 is 11.3 Å². The van der Waals surface area contributed by atoms with Crippen molar-refractivity contribution < 1.29 is 4.79 Å². The predicted octanol–water partition coefficient (Wildman–Crippen LogP) is 3.83. The van der Waals surface area contributed by atoms with Crippen LogP contribution in [0.1, 0.15) is 22.5 Å². The second kappa shape index (κ2) is 7.46. The number of para-hydroxylation sites is 2. The third-order valence-corrected chi connectivity index (χ3v) is 6.69. The summed E-state index contributed by atoms with van der Waals surface area (Å²) in [7, 11) is 2.16. The molecule has 3 aromatic heterocycles. The molecule has 1 aliphatic heterocycles. The lowest BCUT2D eigenvalue weighted by Gasteiger charge is -2.21. The molecule has 1 aliphatic rings. The van der Waals surface area contributed by atoms with Gasteiger partial charge in [-0.25, -0.2) is 4.98 Å². The van der Waals surface area contributed by atoms with E-state index in [-0.39, 0.29) is 5.91 Å². The number of fused-ring (bicyclic) bond motifs is 1. The quantitative estimate of drug-likeness (QED) is 0.528. The van der Waals surface area contributed by atoms with Crippen molar-refractivity contribution in [2.24, 2.45) is 0 Å². The third-order valence-electron chi connectivity index (χ3n) is 5.56. The maximum atomic E-state index is 12.9. The van der Waals surface area contributed by atoms with Crippen LogP contribution in [0.5, 0.6) is 0 Å². The van der Waals surface area contributed by atoms with Crippen molar-refractivity contribution in [3.63, 3.8) is 0 Å². The molecular weight excluding hydrogens is 384 g/mol. The molecule has 1 unspecified atom stereocenters. The molecule has 1 aromatic carbocycles. The van der Waals surface area contributed by atoms with E-state index in [1.807, 2.05) is 36.5 Å². The van der Waals surface area contributed by atoms with Crippen molar-refractivity contribution in [1.82, 2.24) is 24.6 Å². The number of likely N-dealkylation sites (N-methyl/N-ethyl adjacent to an activating group) is 1. The average molecular weight is 407 g/mol. The standard InChI is InChI=1S/C21H22N6OS/c1-26-10-4-5-15(26)13-27-17-7-3-2-6-16(17)24-21(27)25-20(28)19-9-8-18(29-19)14-11-22-23-12-14/h2-3,6-9,11-12,15H,4-5,10,13H2,1H3,(H,22,23)(H,24,25,28). The zero-order valence-electron chi connectivity index (χ0n) is 16.1. The smallest absolute Gasteiger partial charge is 0.268 e. The van der Waals surface area contributed by atoms with Gasteiger partial charge in [0, 0.05) is 29.2 Å². The molecule has 1 fully saturated rings. The van der Waals surface area contributed by atoms with Crippen molar-refractivity contribution >= 4 is 34.2 Å². The summed E-state index contributed by atoms with van der Waals surface area (Å²) in [6, 6.07) is 12.3. The molecule has 148 valence electrons. The molecule has 0 bridgehead atoms. The Hall–Kier alpha value is -2.97. The summed E-state index contributed by atoms with van der Waals surface area (Å²) < 4.78 is 2.14. The number of hydrogen-bond acceptors (Lipinski definition) is 5. The number of aromatic amines is 1. The van der Waals surface area contributed by atoms with Crippen molar-refractivity contribution in [2.75, 3.05) is 18.9 Å². The Morgan fingerprint density at radius 2 is 2.21 bits per heavy atom. The lowest BCUT2D eigenvalue weighted by Crippen LogP contribution is -2.30. The van der Waals surface area contributed by atoms with Crippen molar-refractivity contribution in [3.8, 4) is 10.4 Å². The van der Waals surface area contributed by atoms with Crippen LogP contribution in [0.2, 0.25) is 0 Å². The van der Waals surface area contributed by atoms with Gasteiger partial charge in [-0.2, -0.15) is 5.10 Å². The fourth-order valence-electron chi connectivity index (χ4n) is 3.94. The van der Waals surface area contributed by atoms with Crippen LogP contribution in [-0.2, 0) is 6.54 Å². The van der Waals surface area contributed by atoms with E-state index < -0.39 is 0 Å². The maximum absolute atomic E-state index is 12.9. The molecule has 5 rings (SSSR count). The van der Waals surface area contributed by atoms with E-state index in [1.54, 1.807) is 6.20 Å². The van der Waals surface area contributed by atoms with Crippen LogP contribution in [0.25, 0.3) is 21.5 Å². The van der Waals surface area contributed by atoms with Crippen molar-refractivity contribution in [1.29, 1.82) is 0 Å². The molecule has 4 aromatic rings. The Kier molecular flexibility index (Phi) is 4.65. The number of carbonyl (C=O) groups excluding carboxylic acids is 1. The fraction of sp³-hybridized carbons (Fsp3) is 0.286. The number of aromatic nitrogens is 4. The average Bonchev–Trinajstić information content (AvgIpc) is 3.50. The van der Waals surface area contributed by atoms with E-state index in [0.717, 1.165) is 41.0 Å². The molecule has 0 aliphatic carbocycles. The molecule has 7 nitrogen and oxygen atoms in total. The Morgan fingerprint density at radius 3 is 3.00 bits per heavy atom. The van der Waals surface area contributed by atoms with E-state index >= 15 is 0 Å². The monoisotopic (exact) mass is 406 g/mol. The van der Waals surface area contributed by atoms with Crippen molar-refractivity contribution in [2.45, 2.75) is 25.4 Å². The van der Waals surface area contributed by atoms with Gasteiger partial charge in [0.25, 0.3) is 5.91 Å². The summed E-state index contributed by atoms with van der Waals surface area (Å²) in [5, 5.41) is 9.83. The number of hydrogen-bond donors (Lipinski definition) is 2. The van der Waals surface area contributed by atoms with Gasteiger partial charge in [-0.1, -0.05) is 12.1 Å². The van der Waals surface area contributed by atoms with Gasteiger partial charge in [-0.05, 0) is 50.7 Å². The Bertz CT molecular complexity index is 1150. The first kappa shape index (κ1) is 18.1. The molecule has 0 saturated carbocycles. The summed E-state index contributed by atoms with van der Waals surface area (Å²) in [5.41, 5.74) is 2.92. The van der Waals surface area contributed by atoms with E-state index in [0.29, 0.717) is 16.9 Å². The van der Waals surface area contributed by atoms with Gasteiger partial charge in [-0.3, -0.25) is 15.2 Å². The predicted molar refractivity (Wildman–Crippen MR) is 115 cm³/mol. The first-order valence-corrected chi connectivity index (χ1v) is 10.6. The van der Waals surface area contributed by atoms with Gasteiger partial charge in [0.05, 0.1) is 22.1 Å². The topological polar surface area (TPSA) is 78.8 Å². The van der Waals surface area contributed by atoms with Crippen LogP contribution < -0.4 is 5.32 Å². The number of anilines is 1. The van der Waals surface area contributed by atoms with E-state index in [1.165, 1.54) is 17.8 Å². The molecule has 1 saturated heterocycles. The van der Waals surface area contributed by atoms with Crippen LogP contribution in [0, 0.1) is 0 Å². The number of nitrogens with one attached hydrogen (secondary N) is 2. The first-order valence-electron chi connectivity index (χ1n) is 9.75. The Labute approximate surface area is 172 Å². The number of rotatable bonds is 5. The number of imidazole rings is 1. The number of carbonyl (C=O) groups is 1. The zero-order valence-corrected chi connectivity index (χ0v) is 16.9. The van der Waals surface area contributed by atoms with Crippen LogP contribution in [0.3, 0.4) is 0 Å². The molecular formula is C21H22N6OS. The minimum Gasteiger partial charge on any atom is -0.308 e. The Morgan fingerprint density at radius 1 is 1.31 bits per heavy atom. The van der Waals surface area contributed by atoms with Crippen LogP contribution in [-0.4, -0.2) is 50.2 Å². The summed E-state index contributed by atoms with van der Waals surface area (Å²) >= 11 is 1.45. The fourth-order valence-corrected chi connectivity index (χ4v) is 4.82. The van der Waals surface area contributed by atoms with E-state index in [2.05, 4.69) is 38.1 Å². The number of thiophene rings is 1. The third kappa shape index (κ3) is 3.45. The number of benzene rings is 1. The second-order valence-corrected chi connectivity index (χ2v) is 8.50. The van der Waals surface area contributed by atoms with Gasteiger partial charge in [0.15, 0.2) is 0 Å². The highest BCUT2D eigenvalue weighted by molar-refractivity contribution is 7.17. The highest BCUT2D eigenvalue weighted by Crippen LogP contribution is 2.29. The Balaban J connectivity index is 1.43. The molecule has 0 spiro atoms. The highest BCUT2D eigenvalue weighted by atomic mass is 32.1. The summed E-state index contributed by atoms with van der Waals surface area (Å²) in [4.78, 5) is 21.7. The summed E-state index contributed by atoms with van der Waals surface area (Å²) in [6.07, 6.45) is 5.95. The van der Waals surface area contributed by atoms with Gasteiger partial charge in [0.2, 0.25) is 5.95 Å². The normalized spacial score (nSPS) is 17.2. The highest BCUT2D eigenvalue weighted by Gasteiger charge is 2.24. The van der Waals surface area contributed by atoms with Gasteiger partial charge in [0.1, 0.15) is 0 Å². The minimum absolute atomic E-state index is 0.138. The molecule has 0 radical (unpaired) electrons. The van der Waals surface area contributed by atoms with E-state index in [9.17, 15) is 4.79 Å². The summed E-state index contributed by atoms with van der Waals surface area (Å²) in [6.45, 7) is 1.93. The SMILES string of the molecule is CN1CCCC1Cn1c(NC(=O)c2ccc(-c3cn[nH]c3)s2)nc2ccccc21. The van der Waals surface area contributed by atoms with Crippen LogP contribution in [0.4, 0.5) is 5.95 Å². The van der Waals surface area contributed by atoms with Crippen LogP contribution in [0.15, 0.2) is 48.8 Å². The molecule has 8 heteroatoms. The minimum atomic E-state index is -0.138. The molecule has 2 N–H and O–H groups in total. The molecule has 4 heterocycles. The number of nitrogens with zero attached hydrogens (tertiary/aromatic N) is 4. The van der Waals surface area contributed by atoms with Gasteiger partial charge < -0.3 is 9.47 Å². The lowest BCUT2D eigenvalue weighted by molar-refractivity contribution is 0.102. The molecule has 1 amide bonds. The maximum Gasteiger partial charge on any atom is 0.268 e. The number of amides is 1. The summed E-state index contributed by atoms with van der Waals surface area (Å²) in [5.74, 6) is 0.468. The van der Waals surface area contributed by atoms with Gasteiger partial charge in [-0.15, -0.1) is 11.3 Å². The molecule has 1 atom stereocenters. The van der Waals surface area contributed by atoms with Gasteiger partial charge >= 0.3 is 0 Å². The first-order chi connectivity index (χ1) is 14.2. The lowest BCUT2D eigenvalue weighted by atomic mass is 10.2.